The van der Waals surface area contributed by atoms with Gasteiger partial charge in [0.05, 0.1) is 6.26 Å². The van der Waals surface area contributed by atoms with Crippen LogP contribution in [-0.4, -0.2) is 24.5 Å². The van der Waals surface area contributed by atoms with Crippen LogP contribution in [0.15, 0.2) is 28.4 Å². The molecule has 4 fully saturated rings. The van der Waals surface area contributed by atoms with Crippen molar-refractivity contribution < 1.29 is 18.7 Å². The van der Waals surface area contributed by atoms with Crippen molar-refractivity contribution in [2.24, 2.45) is 23.2 Å². The number of hydrogen-bond acceptors (Lipinski definition) is 5. The van der Waals surface area contributed by atoms with Crippen molar-refractivity contribution in [2.75, 3.05) is 6.61 Å². The molecule has 0 aromatic carbocycles. The predicted molar refractivity (Wildman–Crippen MR) is 101 cm³/mol. The SMILES string of the molecule is C[C@@H](NC(=O)COC(=O)/C(C#N)=C/c1ccco1)C12CC3CC(CC(C3)C1)C2. The van der Waals surface area contributed by atoms with Gasteiger partial charge in [0.2, 0.25) is 0 Å². The molecule has 1 aromatic heterocycles. The van der Waals surface area contributed by atoms with Gasteiger partial charge in [-0.1, -0.05) is 0 Å². The number of nitrogens with one attached hydrogen (secondary N) is 1. The molecule has 1 atom stereocenters. The van der Waals surface area contributed by atoms with Crippen LogP contribution in [-0.2, 0) is 14.3 Å². The minimum atomic E-state index is -0.823. The van der Waals surface area contributed by atoms with Crippen molar-refractivity contribution in [3.63, 3.8) is 0 Å². The Bertz CT molecular complexity index is 783. The molecule has 6 heteroatoms. The van der Waals surface area contributed by atoms with Gasteiger partial charge in [0.1, 0.15) is 17.4 Å². The number of amides is 1. The Morgan fingerprint density at radius 3 is 2.50 bits per heavy atom. The van der Waals surface area contributed by atoms with E-state index >= 15 is 0 Å². The van der Waals surface area contributed by atoms with E-state index in [-0.39, 0.29) is 29.5 Å². The van der Waals surface area contributed by atoms with Crippen molar-refractivity contribution in [1.82, 2.24) is 5.32 Å². The van der Waals surface area contributed by atoms with E-state index in [0.717, 1.165) is 17.8 Å². The maximum absolute atomic E-state index is 12.4. The topological polar surface area (TPSA) is 92.3 Å². The number of carbonyl (C=O) groups is 2. The molecule has 5 rings (SSSR count). The van der Waals surface area contributed by atoms with Crippen LogP contribution in [0.3, 0.4) is 0 Å². The highest BCUT2D eigenvalue weighted by atomic mass is 16.5. The van der Waals surface area contributed by atoms with Gasteiger partial charge in [-0.25, -0.2) is 4.79 Å². The largest absolute Gasteiger partial charge is 0.465 e. The Hall–Kier alpha value is -2.55. The van der Waals surface area contributed by atoms with E-state index in [2.05, 4.69) is 12.2 Å². The molecule has 4 aliphatic carbocycles. The Labute approximate surface area is 164 Å². The maximum atomic E-state index is 12.4. The summed E-state index contributed by atoms with van der Waals surface area (Å²) < 4.78 is 10.1. The van der Waals surface area contributed by atoms with Crippen LogP contribution in [0, 0.1) is 34.5 Å². The quantitative estimate of drug-likeness (QED) is 0.462. The molecule has 0 unspecified atom stereocenters. The van der Waals surface area contributed by atoms with Gasteiger partial charge in [-0.15, -0.1) is 0 Å². The minimum Gasteiger partial charge on any atom is -0.465 e. The molecule has 1 aromatic rings. The third-order valence-corrected chi connectivity index (χ3v) is 6.89. The highest BCUT2D eigenvalue weighted by Crippen LogP contribution is 2.61. The van der Waals surface area contributed by atoms with E-state index in [1.807, 2.05) is 0 Å². The van der Waals surface area contributed by atoms with Crippen LogP contribution in [0.2, 0.25) is 0 Å². The number of carbonyl (C=O) groups excluding carboxylic acids is 2. The van der Waals surface area contributed by atoms with Crippen LogP contribution in [0.4, 0.5) is 0 Å². The minimum absolute atomic E-state index is 0.0706. The van der Waals surface area contributed by atoms with Crippen LogP contribution >= 0.6 is 0 Å². The van der Waals surface area contributed by atoms with Gasteiger partial charge >= 0.3 is 5.97 Å². The van der Waals surface area contributed by atoms with Crippen molar-refractivity contribution >= 4 is 18.0 Å². The molecule has 4 saturated carbocycles. The Kier molecular flexibility index (Phi) is 5.01. The molecule has 1 amide bonds. The zero-order valence-corrected chi connectivity index (χ0v) is 16.1. The molecule has 4 bridgehead atoms. The van der Waals surface area contributed by atoms with Gasteiger partial charge in [-0.3, -0.25) is 4.79 Å². The van der Waals surface area contributed by atoms with E-state index < -0.39 is 5.97 Å². The molecule has 28 heavy (non-hydrogen) atoms. The number of ether oxygens (including phenoxy) is 1. The summed E-state index contributed by atoms with van der Waals surface area (Å²) in [5.41, 5.74) is 0.00249. The Balaban J connectivity index is 1.31. The highest BCUT2D eigenvalue weighted by molar-refractivity contribution is 5.98. The van der Waals surface area contributed by atoms with Crippen LogP contribution in [0.5, 0.6) is 0 Å². The zero-order chi connectivity index (χ0) is 19.7. The summed E-state index contributed by atoms with van der Waals surface area (Å²) in [6.45, 7) is 1.71. The maximum Gasteiger partial charge on any atom is 0.349 e. The lowest BCUT2D eigenvalue weighted by atomic mass is 9.48. The number of nitriles is 1. The number of nitrogens with zero attached hydrogens (tertiary/aromatic N) is 1. The summed E-state index contributed by atoms with van der Waals surface area (Å²) in [4.78, 5) is 24.4. The standard InChI is InChI=1S/C22H26N2O4/c1-14(22-9-15-5-16(10-22)7-17(6-15)11-22)24-20(25)13-28-21(26)18(12-23)8-19-3-2-4-27-19/h2-4,8,14-17H,5-7,9-11,13H2,1H3,(H,24,25)/b18-8+/t14-,15?,16?,17?,22?/m1/s1. The van der Waals surface area contributed by atoms with Gasteiger partial charge in [-0.2, -0.15) is 5.26 Å². The number of hydrogen-bond donors (Lipinski definition) is 1. The van der Waals surface area contributed by atoms with E-state index in [1.165, 1.54) is 50.9 Å². The number of furan rings is 1. The van der Waals surface area contributed by atoms with E-state index in [0.29, 0.717) is 5.76 Å². The third-order valence-electron chi connectivity index (χ3n) is 6.89. The first kappa shape index (κ1) is 18.8. The first-order valence-corrected chi connectivity index (χ1v) is 10.1. The number of esters is 1. The monoisotopic (exact) mass is 382 g/mol. The molecule has 0 aliphatic heterocycles. The van der Waals surface area contributed by atoms with Gasteiger partial charge < -0.3 is 14.5 Å². The molecule has 0 spiro atoms. The third kappa shape index (κ3) is 3.71. The van der Waals surface area contributed by atoms with E-state index in [4.69, 9.17) is 14.4 Å². The average Bonchev–Trinajstić information content (AvgIpc) is 3.16. The highest BCUT2D eigenvalue weighted by Gasteiger charge is 2.53. The molecule has 0 saturated heterocycles. The second-order valence-corrected chi connectivity index (χ2v) is 8.83. The smallest absolute Gasteiger partial charge is 0.349 e. The van der Waals surface area contributed by atoms with Gasteiger partial charge in [0.25, 0.3) is 5.91 Å². The summed E-state index contributed by atoms with van der Waals surface area (Å²) in [5.74, 6) is 1.69. The molecule has 0 radical (unpaired) electrons. The number of rotatable bonds is 6. The van der Waals surface area contributed by atoms with Crippen molar-refractivity contribution in [1.29, 1.82) is 5.26 Å². The van der Waals surface area contributed by atoms with Crippen LogP contribution in [0.25, 0.3) is 6.08 Å². The summed E-state index contributed by atoms with van der Waals surface area (Å²) in [5, 5.41) is 12.2. The lowest BCUT2D eigenvalue weighted by Crippen LogP contribution is -2.56. The lowest BCUT2D eigenvalue weighted by Gasteiger charge is -2.59. The zero-order valence-electron chi connectivity index (χ0n) is 16.1. The molecule has 1 N–H and O–H groups in total. The fourth-order valence-corrected chi connectivity index (χ4v) is 6.01. The van der Waals surface area contributed by atoms with Crippen molar-refractivity contribution in [3.8, 4) is 6.07 Å². The molecule has 4 aliphatic rings. The lowest BCUT2D eigenvalue weighted by molar-refractivity contribution is -0.145. The molecular weight excluding hydrogens is 356 g/mol. The summed E-state index contributed by atoms with van der Waals surface area (Å²) in [6, 6.07) is 5.15. The fourth-order valence-electron chi connectivity index (χ4n) is 6.01. The molecule has 1 heterocycles. The normalized spacial score (nSPS) is 31.9. The first-order valence-electron chi connectivity index (χ1n) is 10.1. The van der Waals surface area contributed by atoms with Crippen molar-refractivity contribution in [3.05, 3.63) is 29.7 Å². The summed E-state index contributed by atoms with van der Waals surface area (Å²) in [6.07, 6.45) is 10.4. The van der Waals surface area contributed by atoms with Gasteiger partial charge in [0, 0.05) is 12.1 Å². The average molecular weight is 382 g/mol. The Morgan fingerprint density at radius 2 is 1.96 bits per heavy atom. The second kappa shape index (κ2) is 7.46. The van der Waals surface area contributed by atoms with Crippen molar-refractivity contribution in [2.45, 2.75) is 51.5 Å². The summed E-state index contributed by atoms with van der Waals surface area (Å²) in [7, 11) is 0. The molecular formula is C22H26N2O4. The van der Waals surface area contributed by atoms with Gasteiger partial charge in [-0.05, 0) is 80.8 Å². The first-order chi connectivity index (χ1) is 13.5. The van der Waals surface area contributed by atoms with Crippen LogP contribution < -0.4 is 5.32 Å². The summed E-state index contributed by atoms with van der Waals surface area (Å²) >= 11 is 0. The van der Waals surface area contributed by atoms with E-state index in [9.17, 15) is 9.59 Å². The molecule has 6 nitrogen and oxygen atoms in total. The van der Waals surface area contributed by atoms with E-state index in [1.54, 1.807) is 18.2 Å². The second-order valence-electron chi connectivity index (χ2n) is 8.83. The fraction of sp³-hybridized carbons (Fsp3) is 0.591. The van der Waals surface area contributed by atoms with Crippen LogP contribution in [0.1, 0.15) is 51.2 Å². The predicted octanol–water partition coefficient (Wildman–Crippen LogP) is 3.45. The van der Waals surface area contributed by atoms with Gasteiger partial charge in [0.15, 0.2) is 6.61 Å². The molecule has 148 valence electrons. The Morgan fingerprint density at radius 1 is 1.32 bits per heavy atom.